The molecule has 1 aliphatic carbocycles. The number of amides is 1. The van der Waals surface area contributed by atoms with E-state index in [-0.39, 0.29) is 5.78 Å². The van der Waals surface area contributed by atoms with Crippen LogP contribution in [0.4, 0.5) is 14.5 Å². The molecule has 0 saturated carbocycles. The molecule has 132 valence electrons. The molecule has 3 nitrogen and oxygen atoms in total. The molecule has 0 unspecified atom stereocenters. The highest BCUT2D eigenvalue weighted by atomic mass is 19.1. The number of aryl methyl sites for hydroxylation is 1. The lowest BCUT2D eigenvalue weighted by Crippen LogP contribution is -2.16. The number of rotatable bonds is 2. The number of benzene rings is 2. The first-order valence-corrected chi connectivity index (χ1v) is 8.48. The number of ketones is 1. The summed E-state index contributed by atoms with van der Waals surface area (Å²) in [6.45, 7) is 4.00. The van der Waals surface area contributed by atoms with Gasteiger partial charge in [-0.3, -0.25) is 9.59 Å². The van der Waals surface area contributed by atoms with Crippen LogP contribution in [0.5, 0.6) is 0 Å². The van der Waals surface area contributed by atoms with Crippen molar-refractivity contribution in [2.24, 2.45) is 0 Å². The molecule has 0 bridgehead atoms. The number of hydrogen-bond donors (Lipinski definition) is 1. The summed E-state index contributed by atoms with van der Waals surface area (Å²) in [7, 11) is 0. The predicted molar refractivity (Wildman–Crippen MR) is 94.0 cm³/mol. The third-order valence-electron chi connectivity index (χ3n) is 3.95. The molecule has 1 amide bonds. The lowest BCUT2D eigenvalue weighted by molar-refractivity contribution is 0.0980. The molecular weight excluding hydrogens is 324 g/mol. The van der Waals surface area contributed by atoms with Gasteiger partial charge in [0, 0.05) is 17.7 Å². The average molecular weight is 345 g/mol. The second kappa shape index (κ2) is 8.51. The Kier molecular flexibility index (Phi) is 6.39. The number of anilines is 1. The van der Waals surface area contributed by atoms with Crippen molar-refractivity contribution in [3.8, 4) is 0 Å². The molecule has 0 heterocycles. The summed E-state index contributed by atoms with van der Waals surface area (Å²) < 4.78 is 27.3. The topological polar surface area (TPSA) is 46.2 Å². The van der Waals surface area contributed by atoms with Crippen LogP contribution in [0.25, 0.3) is 0 Å². The Labute approximate surface area is 146 Å². The molecule has 25 heavy (non-hydrogen) atoms. The average Bonchev–Trinajstić information content (AvgIpc) is 2.78. The first-order chi connectivity index (χ1) is 12.1. The van der Waals surface area contributed by atoms with E-state index < -0.39 is 23.1 Å². The third kappa shape index (κ3) is 4.29. The van der Waals surface area contributed by atoms with Crippen molar-refractivity contribution in [1.82, 2.24) is 0 Å². The monoisotopic (exact) mass is 345 g/mol. The maximum absolute atomic E-state index is 13.6. The zero-order valence-corrected chi connectivity index (χ0v) is 14.4. The van der Waals surface area contributed by atoms with Crippen molar-refractivity contribution in [3.63, 3.8) is 0 Å². The van der Waals surface area contributed by atoms with Gasteiger partial charge in [-0.05, 0) is 55.2 Å². The van der Waals surface area contributed by atoms with E-state index in [1.165, 1.54) is 6.07 Å². The molecule has 0 saturated heterocycles. The van der Waals surface area contributed by atoms with Gasteiger partial charge in [0.15, 0.2) is 5.78 Å². The van der Waals surface area contributed by atoms with Gasteiger partial charge < -0.3 is 5.32 Å². The molecule has 0 atom stereocenters. The number of carbonyl (C=O) groups is 2. The molecule has 0 spiro atoms. The first-order valence-electron chi connectivity index (χ1n) is 8.48. The van der Waals surface area contributed by atoms with E-state index in [4.69, 9.17) is 0 Å². The second-order valence-corrected chi connectivity index (χ2v) is 5.55. The maximum Gasteiger partial charge on any atom is 0.261 e. The summed E-state index contributed by atoms with van der Waals surface area (Å²) in [5, 5.41) is 2.49. The minimum Gasteiger partial charge on any atom is -0.322 e. The molecule has 0 radical (unpaired) electrons. The fourth-order valence-electron chi connectivity index (χ4n) is 2.79. The Hall–Kier alpha value is -2.56. The smallest absolute Gasteiger partial charge is 0.261 e. The van der Waals surface area contributed by atoms with E-state index in [1.807, 2.05) is 13.8 Å². The van der Waals surface area contributed by atoms with Crippen LogP contribution < -0.4 is 5.32 Å². The quantitative estimate of drug-likeness (QED) is 0.765. The zero-order valence-electron chi connectivity index (χ0n) is 14.4. The Morgan fingerprint density at radius 1 is 1.00 bits per heavy atom. The fraction of sp³-hybridized carbons (Fsp3) is 0.300. The molecule has 5 heteroatoms. The molecule has 1 aliphatic rings. The fourth-order valence-corrected chi connectivity index (χ4v) is 2.79. The predicted octanol–water partition coefficient (Wildman–Crippen LogP) is 5.15. The van der Waals surface area contributed by atoms with Gasteiger partial charge in [0.05, 0.1) is 0 Å². The van der Waals surface area contributed by atoms with E-state index in [9.17, 15) is 18.4 Å². The van der Waals surface area contributed by atoms with Crippen LogP contribution in [0.2, 0.25) is 0 Å². The van der Waals surface area contributed by atoms with Crippen LogP contribution in [0.15, 0.2) is 36.4 Å². The van der Waals surface area contributed by atoms with E-state index in [0.717, 1.165) is 37.0 Å². The maximum atomic E-state index is 13.6. The standard InChI is InChI=1S/C18H15F2NO2.C2H6/c19-14-5-3-6-15(20)17(14)18(23)21-12-8-9-13-11(10-12)4-1-2-7-16(13)22;1-2/h3,5-6,8-10H,1-2,4,7H2,(H,21,23);1-2H3. The largest absolute Gasteiger partial charge is 0.322 e. The Morgan fingerprint density at radius 3 is 2.32 bits per heavy atom. The normalized spacial score (nSPS) is 13.2. The summed E-state index contributed by atoms with van der Waals surface area (Å²) in [6, 6.07) is 8.22. The van der Waals surface area contributed by atoms with E-state index >= 15 is 0 Å². The van der Waals surface area contributed by atoms with Crippen LogP contribution in [-0.4, -0.2) is 11.7 Å². The SMILES string of the molecule is CC.O=C1CCCCc2cc(NC(=O)c3c(F)cccc3F)ccc21. The van der Waals surface area contributed by atoms with Crippen molar-refractivity contribution in [1.29, 1.82) is 0 Å². The minimum atomic E-state index is -0.910. The summed E-state index contributed by atoms with van der Waals surface area (Å²) in [5.41, 5.74) is 1.33. The van der Waals surface area contributed by atoms with Gasteiger partial charge in [-0.1, -0.05) is 19.9 Å². The number of carbonyl (C=O) groups excluding carboxylic acids is 2. The number of halogens is 2. The summed E-state index contributed by atoms with van der Waals surface area (Å²) in [4.78, 5) is 24.1. The number of hydrogen-bond acceptors (Lipinski definition) is 2. The van der Waals surface area contributed by atoms with Crippen molar-refractivity contribution in [3.05, 3.63) is 64.7 Å². The Bertz CT molecular complexity index is 767. The molecule has 2 aromatic carbocycles. The lowest BCUT2D eigenvalue weighted by atomic mass is 10.0. The number of nitrogens with one attached hydrogen (secondary N) is 1. The van der Waals surface area contributed by atoms with Crippen LogP contribution in [0.1, 0.15) is 59.4 Å². The van der Waals surface area contributed by atoms with Gasteiger partial charge in [-0.15, -0.1) is 0 Å². The summed E-state index contributed by atoms with van der Waals surface area (Å²) >= 11 is 0. The number of fused-ring (bicyclic) bond motifs is 1. The van der Waals surface area contributed by atoms with Crippen LogP contribution >= 0.6 is 0 Å². The van der Waals surface area contributed by atoms with Gasteiger partial charge in [-0.2, -0.15) is 0 Å². The van der Waals surface area contributed by atoms with Crippen molar-refractivity contribution < 1.29 is 18.4 Å². The summed E-state index contributed by atoms with van der Waals surface area (Å²) in [6.07, 6.45) is 3.02. The van der Waals surface area contributed by atoms with Gasteiger partial charge >= 0.3 is 0 Å². The molecule has 1 N–H and O–H groups in total. The van der Waals surface area contributed by atoms with Crippen molar-refractivity contribution in [2.75, 3.05) is 5.32 Å². The van der Waals surface area contributed by atoms with Gasteiger partial charge in [-0.25, -0.2) is 8.78 Å². The molecule has 0 fully saturated rings. The van der Waals surface area contributed by atoms with Crippen LogP contribution in [0, 0.1) is 11.6 Å². The Balaban J connectivity index is 0.00000109. The molecule has 0 aromatic heterocycles. The van der Waals surface area contributed by atoms with Gasteiger partial charge in [0.2, 0.25) is 0 Å². The Morgan fingerprint density at radius 2 is 1.64 bits per heavy atom. The second-order valence-electron chi connectivity index (χ2n) is 5.55. The zero-order chi connectivity index (χ0) is 18.4. The van der Waals surface area contributed by atoms with E-state index in [2.05, 4.69) is 5.32 Å². The van der Waals surface area contributed by atoms with E-state index in [1.54, 1.807) is 18.2 Å². The highest BCUT2D eigenvalue weighted by Gasteiger charge is 2.19. The first kappa shape index (κ1) is 18.8. The lowest BCUT2D eigenvalue weighted by Gasteiger charge is -2.10. The van der Waals surface area contributed by atoms with Crippen molar-refractivity contribution >= 4 is 17.4 Å². The van der Waals surface area contributed by atoms with E-state index in [0.29, 0.717) is 17.7 Å². The van der Waals surface area contributed by atoms with Crippen LogP contribution in [0.3, 0.4) is 0 Å². The molecule has 0 aliphatic heterocycles. The molecular formula is C20H21F2NO2. The number of Topliss-reactive ketones (excluding diaryl/α,β-unsaturated/α-hetero) is 1. The minimum absolute atomic E-state index is 0.0931. The molecule has 3 rings (SSSR count). The van der Waals surface area contributed by atoms with Gasteiger partial charge in [0.1, 0.15) is 17.2 Å². The summed E-state index contributed by atoms with van der Waals surface area (Å²) in [5.74, 6) is -2.57. The van der Waals surface area contributed by atoms with Crippen molar-refractivity contribution in [2.45, 2.75) is 39.5 Å². The highest BCUT2D eigenvalue weighted by Crippen LogP contribution is 2.24. The third-order valence-corrected chi connectivity index (χ3v) is 3.95. The molecule has 2 aromatic rings. The van der Waals surface area contributed by atoms with Crippen LogP contribution in [-0.2, 0) is 6.42 Å². The highest BCUT2D eigenvalue weighted by molar-refractivity contribution is 6.05. The van der Waals surface area contributed by atoms with Gasteiger partial charge in [0.25, 0.3) is 5.91 Å².